The second-order valence-electron chi connectivity index (χ2n) is 3.79. The molecule has 1 aromatic carbocycles. The largest absolute Gasteiger partial charge is 0.310 e. The van der Waals surface area contributed by atoms with Crippen LogP contribution in [0.5, 0.6) is 0 Å². The van der Waals surface area contributed by atoms with E-state index >= 15 is 0 Å². The van der Waals surface area contributed by atoms with Crippen LogP contribution in [-0.4, -0.2) is 6.54 Å². The predicted molar refractivity (Wildman–Crippen MR) is 67.3 cm³/mol. The van der Waals surface area contributed by atoms with Crippen LogP contribution in [0, 0.1) is 0 Å². The van der Waals surface area contributed by atoms with E-state index in [1.54, 1.807) is 0 Å². The predicted octanol–water partition coefficient (Wildman–Crippen LogP) is 3.96. The van der Waals surface area contributed by atoms with E-state index in [9.17, 15) is 0 Å². The average Bonchev–Trinajstić information content (AvgIpc) is 2.17. The van der Waals surface area contributed by atoms with Crippen molar-refractivity contribution >= 4 is 11.6 Å². The zero-order valence-corrected chi connectivity index (χ0v) is 10.1. The monoisotopic (exact) mass is 223 g/mol. The maximum atomic E-state index is 6.17. The lowest BCUT2D eigenvalue weighted by Gasteiger charge is -2.19. The van der Waals surface area contributed by atoms with Gasteiger partial charge in [0.05, 0.1) is 0 Å². The highest BCUT2D eigenvalue weighted by Crippen LogP contribution is 2.26. The lowest BCUT2D eigenvalue weighted by molar-refractivity contribution is 0.548. The summed E-state index contributed by atoms with van der Waals surface area (Å²) in [4.78, 5) is 0. The standard InChI is InChI=1S/C13H18ClN/c1-4-15-13(9-10(2)3)11-7-5-6-8-12(11)14/h5-8,13,15H,2,4,9H2,1,3H3. The summed E-state index contributed by atoms with van der Waals surface area (Å²) in [6, 6.07) is 8.25. The van der Waals surface area contributed by atoms with Crippen LogP contribution in [0.3, 0.4) is 0 Å². The van der Waals surface area contributed by atoms with Gasteiger partial charge in [-0.3, -0.25) is 0 Å². The maximum absolute atomic E-state index is 6.17. The highest BCUT2D eigenvalue weighted by molar-refractivity contribution is 6.31. The van der Waals surface area contributed by atoms with Crippen molar-refractivity contribution in [2.45, 2.75) is 26.3 Å². The molecule has 1 N–H and O–H groups in total. The van der Waals surface area contributed by atoms with Crippen molar-refractivity contribution in [1.29, 1.82) is 0 Å². The number of nitrogens with one attached hydrogen (secondary N) is 1. The molecule has 0 radical (unpaired) electrons. The van der Waals surface area contributed by atoms with Gasteiger partial charge >= 0.3 is 0 Å². The Kier molecular flexibility index (Phi) is 4.86. The highest BCUT2D eigenvalue weighted by atomic mass is 35.5. The Morgan fingerprint density at radius 2 is 2.13 bits per heavy atom. The van der Waals surface area contributed by atoms with Crippen molar-refractivity contribution < 1.29 is 0 Å². The molecule has 0 aliphatic heterocycles. The third-order valence-corrected chi connectivity index (χ3v) is 2.63. The lowest BCUT2D eigenvalue weighted by atomic mass is 10.0. The van der Waals surface area contributed by atoms with Crippen LogP contribution in [-0.2, 0) is 0 Å². The minimum Gasteiger partial charge on any atom is -0.310 e. The van der Waals surface area contributed by atoms with Crippen molar-refractivity contribution in [3.63, 3.8) is 0 Å². The van der Waals surface area contributed by atoms with Gasteiger partial charge in [0.15, 0.2) is 0 Å². The molecule has 1 unspecified atom stereocenters. The third-order valence-electron chi connectivity index (χ3n) is 2.28. The zero-order chi connectivity index (χ0) is 11.3. The van der Waals surface area contributed by atoms with Gasteiger partial charge in [0.25, 0.3) is 0 Å². The maximum Gasteiger partial charge on any atom is 0.0453 e. The van der Waals surface area contributed by atoms with Gasteiger partial charge < -0.3 is 5.32 Å². The molecule has 82 valence electrons. The topological polar surface area (TPSA) is 12.0 Å². The summed E-state index contributed by atoms with van der Waals surface area (Å²) in [7, 11) is 0. The van der Waals surface area contributed by atoms with Gasteiger partial charge in [-0.25, -0.2) is 0 Å². The number of halogens is 1. The molecule has 0 aliphatic carbocycles. The number of rotatable bonds is 5. The molecule has 0 heterocycles. The molecule has 0 bridgehead atoms. The summed E-state index contributed by atoms with van der Waals surface area (Å²) in [5, 5.41) is 4.25. The Bertz CT molecular complexity index is 333. The molecule has 0 amide bonds. The molecule has 1 nitrogen and oxygen atoms in total. The van der Waals surface area contributed by atoms with Crippen LogP contribution in [0.4, 0.5) is 0 Å². The van der Waals surface area contributed by atoms with E-state index in [0.717, 1.165) is 23.6 Å². The van der Waals surface area contributed by atoms with Crippen LogP contribution >= 0.6 is 11.6 Å². The van der Waals surface area contributed by atoms with E-state index in [1.165, 1.54) is 5.57 Å². The quantitative estimate of drug-likeness (QED) is 0.746. The van der Waals surface area contributed by atoms with E-state index in [1.807, 2.05) is 25.1 Å². The molecule has 1 aromatic rings. The first-order valence-corrected chi connectivity index (χ1v) is 5.65. The third kappa shape index (κ3) is 3.69. The number of benzene rings is 1. The zero-order valence-electron chi connectivity index (χ0n) is 9.39. The lowest BCUT2D eigenvalue weighted by Crippen LogP contribution is -2.21. The van der Waals surface area contributed by atoms with Gasteiger partial charge in [-0.05, 0) is 31.5 Å². The number of hydrogen-bond acceptors (Lipinski definition) is 1. The van der Waals surface area contributed by atoms with Crippen molar-refractivity contribution in [2.24, 2.45) is 0 Å². The smallest absolute Gasteiger partial charge is 0.0453 e. The molecule has 0 spiro atoms. The highest BCUT2D eigenvalue weighted by Gasteiger charge is 2.12. The van der Waals surface area contributed by atoms with Gasteiger partial charge in [-0.2, -0.15) is 0 Å². The van der Waals surface area contributed by atoms with Crippen LogP contribution in [0.1, 0.15) is 31.9 Å². The van der Waals surface area contributed by atoms with E-state index < -0.39 is 0 Å². The molecule has 0 saturated carbocycles. The van der Waals surface area contributed by atoms with Gasteiger partial charge in [0.2, 0.25) is 0 Å². The Morgan fingerprint density at radius 3 is 2.67 bits per heavy atom. The fourth-order valence-electron chi connectivity index (χ4n) is 1.64. The molecular formula is C13H18ClN. The van der Waals surface area contributed by atoms with Gasteiger partial charge in [0.1, 0.15) is 0 Å². The molecule has 2 heteroatoms. The summed E-state index contributed by atoms with van der Waals surface area (Å²) in [6.45, 7) is 9.03. The van der Waals surface area contributed by atoms with Crippen LogP contribution < -0.4 is 5.32 Å². The molecule has 0 saturated heterocycles. The van der Waals surface area contributed by atoms with E-state index in [2.05, 4.69) is 24.9 Å². The van der Waals surface area contributed by atoms with Gasteiger partial charge in [-0.15, -0.1) is 6.58 Å². The van der Waals surface area contributed by atoms with Crippen molar-refractivity contribution in [3.8, 4) is 0 Å². The second kappa shape index (κ2) is 5.94. The summed E-state index contributed by atoms with van der Waals surface area (Å²) in [6.07, 6.45) is 0.928. The van der Waals surface area contributed by atoms with Crippen LogP contribution in [0.15, 0.2) is 36.4 Å². The summed E-state index contributed by atoms with van der Waals surface area (Å²) < 4.78 is 0. The first-order chi connectivity index (χ1) is 7.15. The first kappa shape index (κ1) is 12.3. The normalized spacial score (nSPS) is 12.5. The number of hydrogen-bond donors (Lipinski definition) is 1. The Morgan fingerprint density at radius 1 is 1.47 bits per heavy atom. The van der Waals surface area contributed by atoms with Crippen molar-refractivity contribution in [1.82, 2.24) is 5.32 Å². The fourth-order valence-corrected chi connectivity index (χ4v) is 1.91. The molecule has 0 aliphatic rings. The molecule has 15 heavy (non-hydrogen) atoms. The Labute approximate surface area is 97.1 Å². The second-order valence-corrected chi connectivity index (χ2v) is 4.20. The Balaban J connectivity index is 2.88. The summed E-state index contributed by atoms with van der Waals surface area (Å²) in [5.74, 6) is 0. The van der Waals surface area contributed by atoms with E-state index in [0.29, 0.717) is 0 Å². The van der Waals surface area contributed by atoms with Crippen LogP contribution in [0.25, 0.3) is 0 Å². The minimum atomic E-state index is 0.279. The fraction of sp³-hybridized carbons (Fsp3) is 0.385. The molecule has 1 rings (SSSR count). The molecular weight excluding hydrogens is 206 g/mol. The summed E-state index contributed by atoms with van der Waals surface area (Å²) >= 11 is 6.17. The molecule has 1 atom stereocenters. The summed E-state index contributed by atoms with van der Waals surface area (Å²) in [5.41, 5.74) is 2.32. The van der Waals surface area contributed by atoms with Gasteiger partial charge in [-0.1, -0.05) is 42.3 Å². The Hall–Kier alpha value is -0.790. The van der Waals surface area contributed by atoms with Crippen molar-refractivity contribution in [3.05, 3.63) is 47.0 Å². The van der Waals surface area contributed by atoms with Crippen LogP contribution in [0.2, 0.25) is 5.02 Å². The van der Waals surface area contributed by atoms with Gasteiger partial charge in [0, 0.05) is 11.1 Å². The minimum absolute atomic E-state index is 0.279. The SMILES string of the molecule is C=C(C)CC(NCC)c1ccccc1Cl. The van der Waals surface area contributed by atoms with Crippen molar-refractivity contribution in [2.75, 3.05) is 6.54 Å². The first-order valence-electron chi connectivity index (χ1n) is 5.27. The average molecular weight is 224 g/mol. The molecule has 0 fully saturated rings. The van der Waals surface area contributed by atoms with E-state index in [-0.39, 0.29) is 6.04 Å². The molecule has 0 aromatic heterocycles. The van der Waals surface area contributed by atoms with E-state index in [4.69, 9.17) is 11.6 Å².